The molecule has 8 rings (SSSR count). The number of ether oxygens (including phenoxy) is 6. The number of sulfonamides is 2. The molecule has 4 aliphatic rings. The topological polar surface area (TPSA) is 243 Å². The Hall–Kier alpha value is -4.32. The molecular weight excluding hydrogens is 1310 g/mol. The van der Waals surface area contributed by atoms with E-state index in [4.69, 9.17) is 74.8 Å². The van der Waals surface area contributed by atoms with E-state index in [1.807, 2.05) is 19.1 Å². The molecule has 4 aromatic rings. The van der Waals surface area contributed by atoms with Crippen molar-refractivity contribution in [1.82, 2.24) is 50.3 Å². The van der Waals surface area contributed by atoms with Crippen LogP contribution in [0, 0.1) is 13.8 Å². The first-order chi connectivity index (χ1) is 44.1. The molecule has 6 N–H and O–H groups in total. The zero-order valence-corrected chi connectivity index (χ0v) is 58.3. The quantitative estimate of drug-likeness (QED) is 0.0241. The van der Waals surface area contributed by atoms with Gasteiger partial charge in [-0.3, -0.25) is 9.80 Å². The molecule has 2 aliphatic heterocycles. The molecule has 4 amide bonds. The largest absolute Gasteiger partial charge is 0.484 e. The number of carbonyl (C=O) groups excluding carboxylic acids is 2. The Morgan fingerprint density at radius 2 is 0.989 bits per heavy atom. The highest BCUT2D eigenvalue weighted by Gasteiger charge is 2.43. The average Bonchev–Trinajstić information content (AvgIpc) is 1.61. The van der Waals surface area contributed by atoms with Crippen LogP contribution in [0.15, 0.2) is 70.5 Å². The number of hydrogen-bond donors (Lipinski definition) is 6. The third kappa shape index (κ3) is 20.8. The molecule has 28 heteroatoms. The molecule has 0 bridgehead atoms. The van der Waals surface area contributed by atoms with E-state index >= 15 is 0 Å². The molecule has 0 spiro atoms. The van der Waals surface area contributed by atoms with Gasteiger partial charge in [-0.2, -0.15) is 0 Å². The van der Waals surface area contributed by atoms with Crippen LogP contribution in [0.5, 0.6) is 11.5 Å². The summed E-state index contributed by atoms with van der Waals surface area (Å²) in [5.74, 6) is 1.06. The second-order valence-corrected chi connectivity index (χ2v) is 29.4. The second kappa shape index (κ2) is 35.6. The summed E-state index contributed by atoms with van der Waals surface area (Å²) in [6.45, 7) is 10.5. The van der Waals surface area contributed by atoms with E-state index in [1.165, 1.54) is 0 Å². The molecule has 0 unspecified atom stereocenters. The van der Waals surface area contributed by atoms with Crippen LogP contribution in [0.3, 0.4) is 0 Å². The molecule has 2 heterocycles. The highest BCUT2D eigenvalue weighted by Crippen LogP contribution is 2.46. The van der Waals surface area contributed by atoms with Crippen molar-refractivity contribution in [3.8, 4) is 11.5 Å². The summed E-state index contributed by atoms with van der Waals surface area (Å²) in [6.07, 6.45) is 6.38. The van der Waals surface area contributed by atoms with Crippen LogP contribution in [0.25, 0.3) is 0 Å². The maximum atomic E-state index is 13.6. The summed E-state index contributed by atoms with van der Waals surface area (Å²) in [5, 5.41) is 13.3. The number of urea groups is 2. The van der Waals surface area contributed by atoms with Gasteiger partial charge in [-0.1, -0.05) is 52.5 Å². The van der Waals surface area contributed by atoms with Crippen molar-refractivity contribution in [2.45, 2.75) is 111 Å². The first-order valence-electron chi connectivity index (χ1n) is 31.7. The molecule has 0 aromatic heterocycles. The number of hydrogen-bond acceptors (Lipinski definition) is 16. The number of benzene rings is 4. The number of fused-ring (bicyclic) bond motifs is 2. The molecule has 6 atom stereocenters. The zero-order valence-electron chi connectivity index (χ0n) is 53.6. The smallest absolute Gasteiger partial charge is 0.314 e. The van der Waals surface area contributed by atoms with Gasteiger partial charge in [0.2, 0.25) is 20.0 Å². The van der Waals surface area contributed by atoms with Crippen molar-refractivity contribution < 1.29 is 54.8 Å². The maximum Gasteiger partial charge on any atom is 0.314 e. The third-order valence-corrected chi connectivity index (χ3v) is 21.5. The lowest BCUT2D eigenvalue weighted by molar-refractivity contribution is 0.0377. The molecule has 510 valence electrons. The monoisotopic (exact) mass is 1400 g/mol. The molecule has 0 saturated carbocycles. The summed E-state index contributed by atoms with van der Waals surface area (Å²) in [7, 11) is 0.693. The Kier molecular flexibility index (Phi) is 28.4. The third-order valence-electron chi connectivity index (χ3n) is 17.3. The standard InChI is InChI=1S/C64H92Cl4N10O12S2/c1-43-34-49(16-17-58(43)89-61-52-35-45(65)37-54(67)50(52)39-56(61)77-24-10-12-47(41-77)75(3)4)91(81,82)73-22-28-87-32-30-85-26-20-71-63(79)69-18-7-8-19-70-64(80)72-21-27-86-31-33-88-29-23-74-92(83,84)60-15-9-14-59(44(60)2)90-62-53-36-46(66)38-55(68)51(53)40-57(62)78-25-11-13-48(42-78)76(5)6/h9,14-17,34-38,47-48,56-57,61-62,73-74H,7-8,10-13,18-33,39-42H2,1-6H3,(H2,69,71,79)(H2,70,72,80)/t47-,48-,56+,57+,61+,62+/m1/s1. The molecule has 4 aromatic carbocycles. The number of piperidine rings is 2. The van der Waals surface area contributed by atoms with Gasteiger partial charge < -0.3 is 59.5 Å². The predicted molar refractivity (Wildman–Crippen MR) is 359 cm³/mol. The van der Waals surface area contributed by atoms with Crippen molar-refractivity contribution in [2.75, 3.05) is 146 Å². The molecule has 0 radical (unpaired) electrons. The minimum atomic E-state index is -3.91. The number of likely N-dealkylation sites (tertiary alicyclic amines) is 2. The van der Waals surface area contributed by atoms with E-state index in [1.54, 1.807) is 55.5 Å². The Bertz CT molecular complexity index is 3320. The minimum Gasteiger partial charge on any atom is -0.484 e. The molecule has 22 nitrogen and oxygen atoms in total. The van der Waals surface area contributed by atoms with Crippen LogP contribution < -0.4 is 40.2 Å². The van der Waals surface area contributed by atoms with Crippen LogP contribution in [-0.4, -0.2) is 219 Å². The number of nitrogens with one attached hydrogen (secondary N) is 6. The second-order valence-electron chi connectivity index (χ2n) is 24.2. The fourth-order valence-corrected chi connectivity index (χ4v) is 15.9. The number of amides is 4. The molecule has 2 aliphatic carbocycles. The Balaban J connectivity index is 0.605. The lowest BCUT2D eigenvalue weighted by Gasteiger charge is -2.41. The molecular formula is C64H92Cl4N10O12S2. The van der Waals surface area contributed by atoms with Crippen molar-refractivity contribution in [3.63, 3.8) is 0 Å². The minimum absolute atomic E-state index is 0.00432. The zero-order chi connectivity index (χ0) is 66.0. The van der Waals surface area contributed by atoms with Crippen LogP contribution in [-0.2, 0) is 51.8 Å². The van der Waals surface area contributed by atoms with Gasteiger partial charge in [-0.15, -0.1) is 0 Å². The number of rotatable bonds is 35. The number of unbranched alkanes of at least 4 members (excludes halogenated alkanes) is 1. The number of carbonyl (C=O) groups is 2. The van der Waals surface area contributed by atoms with E-state index in [2.05, 4.69) is 78.5 Å². The predicted octanol–water partition coefficient (Wildman–Crippen LogP) is 7.76. The first kappa shape index (κ1) is 73.5. The summed E-state index contributed by atoms with van der Waals surface area (Å²) in [5.41, 5.74) is 5.09. The Labute approximate surface area is 563 Å². The van der Waals surface area contributed by atoms with Gasteiger partial charge in [-0.25, -0.2) is 35.9 Å². The van der Waals surface area contributed by atoms with Crippen LogP contribution in [0.2, 0.25) is 20.1 Å². The van der Waals surface area contributed by atoms with Crippen molar-refractivity contribution in [1.29, 1.82) is 0 Å². The number of likely N-dealkylation sites (N-methyl/N-ethyl adjacent to an activating group) is 2. The highest BCUT2D eigenvalue weighted by atomic mass is 35.5. The number of nitrogens with zero attached hydrogens (tertiary/aromatic N) is 4. The Morgan fingerprint density at radius 1 is 0.543 bits per heavy atom. The van der Waals surface area contributed by atoms with Crippen molar-refractivity contribution >= 4 is 78.5 Å². The molecule has 92 heavy (non-hydrogen) atoms. The van der Waals surface area contributed by atoms with E-state index in [9.17, 15) is 26.4 Å². The maximum absolute atomic E-state index is 13.6. The first-order valence-corrected chi connectivity index (χ1v) is 36.2. The van der Waals surface area contributed by atoms with Crippen molar-refractivity contribution in [2.24, 2.45) is 0 Å². The van der Waals surface area contributed by atoms with E-state index in [-0.39, 0.29) is 119 Å². The van der Waals surface area contributed by atoms with Gasteiger partial charge in [0.15, 0.2) is 0 Å². The lowest BCUT2D eigenvalue weighted by Crippen LogP contribution is -2.51. The summed E-state index contributed by atoms with van der Waals surface area (Å²) in [6, 6.07) is 17.5. The van der Waals surface area contributed by atoms with E-state index < -0.39 is 26.2 Å². The molecule has 2 saturated heterocycles. The average molecular weight is 1400 g/mol. The fraction of sp³-hybridized carbons (Fsp3) is 0.594. The normalized spacial score (nSPS) is 20.3. The molecule has 2 fully saturated rings. The lowest BCUT2D eigenvalue weighted by atomic mass is 10.0. The van der Waals surface area contributed by atoms with Crippen LogP contribution in [0.1, 0.15) is 84.1 Å². The SMILES string of the molecule is Cc1cc(S(=O)(=O)NCCOCCOCCNC(=O)NCCCCNC(=O)NCCOCCOCCNS(=O)(=O)c2cccc(O[C@H]3c4cc(Cl)cc(Cl)c4C[C@@H]3N3CCC[C@@H](N(C)C)C3)c2C)ccc1O[C@H]1c2cc(Cl)cc(Cl)c2C[C@@H]1N1CCC[C@@H](N(C)C)C1. The van der Waals surface area contributed by atoms with Gasteiger partial charge >= 0.3 is 12.1 Å². The van der Waals surface area contributed by atoms with Gasteiger partial charge in [-0.05, 0) is 178 Å². The Morgan fingerprint density at radius 3 is 1.46 bits per heavy atom. The van der Waals surface area contributed by atoms with Crippen LogP contribution >= 0.6 is 46.4 Å². The van der Waals surface area contributed by atoms with E-state index in [0.717, 1.165) is 80.5 Å². The summed E-state index contributed by atoms with van der Waals surface area (Å²) >= 11 is 26.5. The van der Waals surface area contributed by atoms with E-state index in [0.29, 0.717) is 87.2 Å². The highest BCUT2D eigenvalue weighted by molar-refractivity contribution is 7.89. The number of halogens is 4. The summed E-state index contributed by atoms with van der Waals surface area (Å²) < 4.78 is 94.8. The van der Waals surface area contributed by atoms with Gasteiger partial charge in [0, 0.05) is 101 Å². The van der Waals surface area contributed by atoms with Crippen molar-refractivity contribution in [3.05, 3.63) is 114 Å². The van der Waals surface area contributed by atoms with Gasteiger partial charge in [0.05, 0.1) is 74.7 Å². The van der Waals surface area contributed by atoms with Crippen LogP contribution in [0.4, 0.5) is 9.59 Å². The number of aryl methyl sites for hydroxylation is 1. The van der Waals surface area contributed by atoms with Gasteiger partial charge in [0.1, 0.15) is 23.7 Å². The summed E-state index contributed by atoms with van der Waals surface area (Å²) in [4.78, 5) is 34.2. The fourth-order valence-electron chi connectivity index (χ4n) is 12.3. The van der Waals surface area contributed by atoms with Gasteiger partial charge in [0.25, 0.3) is 0 Å².